The summed E-state index contributed by atoms with van der Waals surface area (Å²) < 4.78 is 0. The summed E-state index contributed by atoms with van der Waals surface area (Å²) in [5, 5.41) is 0. The van der Waals surface area contributed by atoms with Gasteiger partial charge in [-0.05, 0) is 20.0 Å². The van der Waals surface area contributed by atoms with Crippen LogP contribution in [-0.4, -0.2) is 48.6 Å². The minimum absolute atomic E-state index is 0.192. The maximum Gasteiger partial charge on any atom is 0.276 e. The molecular weight excluding hydrogens is 230 g/mol. The van der Waals surface area contributed by atoms with E-state index >= 15 is 0 Å². The van der Waals surface area contributed by atoms with E-state index in [0.717, 1.165) is 19.6 Å². The van der Waals surface area contributed by atoms with Gasteiger partial charge in [0.05, 0.1) is 6.33 Å². The lowest BCUT2D eigenvalue weighted by Gasteiger charge is -2.27. The predicted molar refractivity (Wildman–Crippen MR) is 74.9 cm³/mol. The van der Waals surface area contributed by atoms with Crippen molar-refractivity contribution in [2.24, 2.45) is 5.92 Å². The zero-order valence-electron chi connectivity index (χ0n) is 11.6. The van der Waals surface area contributed by atoms with Crippen molar-refractivity contribution in [1.82, 2.24) is 14.9 Å². The Morgan fingerprint density at radius 2 is 2.06 bits per heavy atom. The topological polar surface area (TPSA) is 78.2 Å². The Bertz CT molecular complexity index is 427. The van der Waals surface area contributed by atoms with Gasteiger partial charge in [-0.15, -0.1) is 0 Å². The van der Waals surface area contributed by atoms with E-state index in [1.807, 2.05) is 14.1 Å². The number of likely N-dealkylation sites (N-methyl/N-ethyl adjacent to an activating group) is 1. The number of rotatable bonds is 6. The lowest BCUT2D eigenvalue weighted by atomic mass is 10.2. The van der Waals surface area contributed by atoms with E-state index in [0.29, 0.717) is 11.7 Å². The second-order valence-electron chi connectivity index (χ2n) is 5.11. The van der Waals surface area contributed by atoms with Crippen LogP contribution in [0.1, 0.15) is 13.8 Å². The fraction of sp³-hybridized carbons (Fsp3) is 0.667. The molecule has 0 saturated heterocycles. The summed E-state index contributed by atoms with van der Waals surface area (Å²) in [5.74, 6) is 1.06. The normalized spacial score (nSPS) is 11.2. The SMILES string of the molecule is CC(C)CN(CCN(C)C)c1nc[nH]c(=O)c1N. The van der Waals surface area contributed by atoms with Crippen LogP contribution >= 0.6 is 0 Å². The minimum Gasteiger partial charge on any atom is -0.391 e. The van der Waals surface area contributed by atoms with Gasteiger partial charge in [-0.1, -0.05) is 13.8 Å². The lowest BCUT2D eigenvalue weighted by Crippen LogP contribution is -2.36. The van der Waals surface area contributed by atoms with Crippen LogP contribution in [0.3, 0.4) is 0 Å². The summed E-state index contributed by atoms with van der Waals surface area (Å²) in [5.41, 5.74) is 5.72. The van der Waals surface area contributed by atoms with Crippen LogP contribution in [-0.2, 0) is 0 Å². The largest absolute Gasteiger partial charge is 0.391 e. The zero-order valence-corrected chi connectivity index (χ0v) is 11.6. The molecule has 18 heavy (non-hydrogen) atoms. The fourth-order valence-corrected chi connectivity index (χ4v) is 1.70. The number of nitrogens with zero attached hydrogens (tertiary/aromatic N) is 3. The monoisotopic (exact) mass is 253 g/mol. The maximum absolute atomic E-state index is 11.5. The third kappa shape index (κ3) is 4.03. The molecule has 1 rings (SSSR count). The molecule has 0 amide bonds. The highest BCUT2D eigenvalue weighted by atomic mass is 16.1. The molecule has 102 valence electrons. The Kier molecular flexibility index (Phi) is 5.15. The molecule has 1 aromatic rings. The number of aromatic nitrogens is 2. The van der Waals surface area contributed by atoms with Gasteiger partial charge in [-0.25, -0.2) is 4.98 Å². The van der Waals surface area contributed by atoms with Gasteiger partial charge < -0.3 is 20.5 Å². The molecule has 0 saturated carbocycles. The first-order valence-corrected chi connectivity index (χ1v) is 6.14. The second kappa shape index (κ2) is 6.39. The fourth-order valence-electron chi connectivity index (χ4n) is 1.70. The first kappa shape index (κ1) is 14.5. The van der Waals surface area contributed by atoms with Crippen molar-refractivity contribution in [1.29, 1.82) is 0 Å². The highest BCUT2D eigenvalue weighted by Crippen LogP contribution is 2.16. The smallest absolute Gasteiger partial charge is 0.276 e. The molecule has 1 aromatic heterocycles. The highest BCUT2D eigenvalue weighted by Gasteiger charge is 2.14. The van der Waals surface area contributed by atoms with E-state index in [1.54, 1.807) is 0 Å². The van der Waals surface area contributed by atoms with Gasteiger partial charge in [0, 0.05) is 19.6 Å². The van der Waals surface area contributed by atoms with Crippen molar-refractivity contribution < 1.29 is 0 Å². The number of H-pyrrole nitrogens is 1. The van der Waals surface area contributed by atoms with E-state index in [1.165, 1.54) is 6.33 Å². The van der Waals surface area contributed by atoms with Crippen LogP contribution in [0, 0.1) is 5.92 Å². The molecule has 0 bridgehead atoms. The van der Waals surface area contributed by atoms with Gasteiger partial charge in [0.15, 0.2) is 5.82 Å². The summed E-state index contributed by atoms with van der Waals surface area (Å²) in [6.45, 7) is 6.78. The summed E-state index contributed by atoms with van der Waals surface area (Å²) in [6.07, 6.45) is 1.40. The maximum atomic E-state index is 11.5. The Morgan fingerprint density at radius 1 is 1.39 bits per heavy atom. The molecule has 0 atom stereocenters. The van der Waals surface area contributed by atoms with Crippen molar-refractivity contribution in [3.8, 4) is 0 Å². The molecule has 0 aromatic carbocycles. The number of aromatic amines is 1. The quantitative estimate of drug-likeness (QED) is 0.766. The summed E-state index contributed by atoms with van der Waals surface area (Å²) in [7, 11) is 4.03. The van der Waals surface area contributed by atoms with E-state index < -0.39 is 0 Å². The number of nitrogen functional groups attached to an aromatic ring is 1. The Labute approximate surface area is 108 Å². The van der Waals surface area contributed by atoms with Crippen LogP contribution in [0.4, 0.5) is 11.5 Å². The van der Waals surface area contributed by atoms with Gasteiger partial charge in [0.1, 0.15) is 5.69 Å². The summed E-state index contributed by atoms with van der Waals surface area (Å²) >= 11 is 0. The average molecular weight is 253 g/mol. The molecule has 0 fully saturated rings. The standard InChI is InChI=1S/C12H23N5O/c1-9(2)7-17(6-5-16(3)4)11-10(13)12(18)15-8-14-11/h8-9H,5-7,13H2,1-4H3,(H,14,15,18). The van der Waals surface area contributed by atoms with Crippen molar-refractivity contribution >= 4 is 11.5 Å². The molecule has 0 radical (unpaired) electrons. The number of anilines is 2. The van der Waals surface area contributed by atoms with Crippen molar-refractivity contribution in [2.45, 2.75) is 13.8 Å². The molecule has 0 aliphatic rings. The van der Waals surface area contributed by atoms with E-state index in [2.05, 4.69) is 33.6 Å². The lowest BCUT2D eigenvalue weighted by molar-refractivity contribution is 0.408. The third-order valence-corrected chi connectivity index (χ3v) is 2.57. The van der Waals surface area contributed by atoms with Gasteiger partial charge in [-0.3, -0.25) is 4.79 Å². The molecule has 0 aliphatic carbocycles. The van der Waals surface area contributed by atoms with Crippen LogP contribution in [0.5, 0.6) is 0 Å². The first-order valence-electron chi connectivity index (χ1n) is 6.14. The van der Waals surface area contributed by atoms with Crippen LogP contribution in [0.25, 0.3) is 0 Å². The highest BCUT2D eigenvalue weighted by molar-refractivity contribution is 5.60. The van der Waals surface area contributed by atoms with Crippen LogP contribution in [0.2, 0.25) is 0 Å². The Morgan fingerprint density at radius 3 is 2.61 bits per heavy atom. The van der Waals surface area contributed by atoms with Crippen LogP contribution < -0.4 is 16.2 Å². The zero-order chi connectivity index (χ0) is 13.7. The Hall–Kier alpha value is -1.56. The Balaban J connectivity index is 2.94. The number of nitrogens with one attached hydrogen (secondary N) is 1. The molecule has 0 spiro atoms. The van der Waals surface area contributed by atoms with Crippen molar-refractivity contribution in [3.05, 3.63) is 16.7 Å². The van der Waals surface area contributed by atoms with Gasteiger partial charge in [0.2, 0.25) is 0 Å². The molecule has 0 aliphatic heterocycles. The molecule has 1 heterocycles. The van der Waals surface area contributed by atoms with Gasteiger partial charge in [-0.2, -0.15) is 0 Å². The molecule has 3 N–H and O–H groups in total. The third-order valence-electron chi connectivity index (χ3n) is 2.57. The van der Waals surface area contributed by atoms with Crippen LogP contribution in [0.15, 0.2) is 11.1 Å². The van der Waals surface area contributed by atoms with Gasteiger partial charge >= 0.3 is 0 Å². The molecular formula is C12H23N5O. The summed E-state index contributed by atoms with van der Waals surface area (Å²) in [4.78, 5) is 22.4. The van der Waals surface area contributed by atoms with E-state index in [4.69, 9.17) is 5.73 Å². The number of hydrogen-bond acceptors (Lipinski definition) is 5. The van der Waals surface area contributed by atoms with E-state index in [9.17, 15) is 4.79 Å². The van der Waals surface area contributed by atoms with Gasteiger partial charge in [0.25, 0.3) is 5.56 Å². The van der Waals surface area contributed by atoms with Crippen molar-refractivity contribution in [2.75, 3.05) is 44.4 Å². The molecule has 6 heteroatoms. The first-order chi connectivity index (χ1) is 8.41. The number of hydrogen-bond donors (Lipinski definition) is 2. The second-order valence-corrected chi connectivity index (χ2v) is 5.11. The average Bonchev–Trinajstić information content (AvgIpc) is 2.27. The van der Waals surface area contributed by atoms with Crippen molar-refractivity contribution in [3.63, 3.8) is 0 Å². The molecule has 0 unspecified atom stereocenters. The van der Waals surface area contributed by atoms with E-state index in [-0.39, 0.29) is 11.2 Å². The summed E-state index contributed by atoms with van der Waals surface area (Å²) in [6, 6.07) is 0. The predicted octanol–water partition coefficient (Wildman–Crippen LogP) is 0.376. The number of nitrogens with two attached hydrogens (primary N) is 1. The minimum atomic E-state index is -0.279. The molecule has 6 nitrogen and oxygen atoms in total.